The Bertz CT molecular complexity index is 1170. The average Bonchev–Trinajstić information content (AvgIpc) is 2.83. The second kappa shape index (κ2) is 11.1. The van der Waals surface area contributed by atoms with Crippen molar-refractivity contribution in [3.05, 3.63) is 108 Å². The Morgan fingerprint density at radius 1 is 1.11 bits per heavy atom. The number of allylic oxidation sites excluding steroid dienone is 5. The van der Waals surface area contributed by atoms with Crippen LogP contribution in [0.5, 0.6) is 0 Å². The van der Waals surface area contributed by atoms with E-state index in [2.05, 4.69) is 58.7 Å². The lowest BCUT2D eigenvalue weighted by atomic mass is 9.59. The van der Waals surface area contributed by atoms with Gasteiger partial charge in [0.15, 0.2) is 17.4 Å². The Hall–Kier alpha value is -3.07. The van der Waals surface area contributed by atoms with E-state index in [4.69, 9.17) is 0 Å². The molecule has 1 aliphatic carbocycles. The number of aryl methyl sites for hydroxylation is 1. The molecular formula is C32H36F2O. The van der Waals surface area contributed by atoms with Crippen molar-refractivity contribution in [2.24, 2.45) is 17.3 Å². The van der Waals surface area contributed by atoms with E-state index < -0.39 is 11.6 Å². The first-order valence-corrected chi connectivity index (χ1v) is 12.4. The molecular weight excluding hydrogens is 438 g/mol. The van der Waals surface area contributed by atoms with Gasteiger partial charge in [-0.05, 0) is 83.9 Å². The van der Waals surface area contributed by atoms with Crippen LogP contribution in [0.3, 0.4) is 0 Å². The van der Waals surface area contributed by atoms with Crippen LogP contribution in [0.1, 0.15) is 62.6 Å². The molecule has 184 valence electrons. The zero-order valence-electron chi connectivity index (χ0n) is 21.2. The van der Waals surface area contributed by atoms with Crippen molar-refractivity contribution in [1.82, 2.24) is 0 Å². The minimum atomic E-state index is -0.966. The zero-order chi connectivity index (χ0) is 25.8. The maximum absolute atomic E-state index is 13.8. The lowest BCUT2D eigenvalue weighted by molar-refractivity contribution is -0.120. The summed E-state index contributed by atoms with van der Waals surface area (Å²) in [5.74, 6) is -2.00. The molecule has 0 radical (unpaired) electrons. The number of rotatable bonds is 9. The van der Waals surface area contributed by atoms with Crippen LogP contribution in [-0.2, 0) is 4.79 Å². The highest BCUT2D eigenvalue weighted by atomic mass is 19.2. The van der Waals surface area contributed by atoms with Crippen LogP contribution >= 0.6 is 0 Å². The first-order chi connectivity index (χ1) is 16.6. The molecule has 3 atom stereocenters. The predicted molar refractivity (Wildman–Crippen MR) is 143 cm³/mol. The third-order valence-electron chi connectivity index (χ3n) is 7.58. The van der Waals surface area contributed by atoms with Gasteiger partial charge < -0.3 is 0 Å². The number of halogens is 2. The summed E-state index contributed by atoms with van der Waals surface area (Å²) in [6.07, 6.45) is 8.13. The summed E-state index contributed by atoms with van der Waals surface area (Å²) in [6.45, 7) is 18.9. The summed E-state index contributed by atoms with van der Waals surface area (Å²) in [5.41, 5.74) is 4.90. The molecule has 2 aromatic rings. The van der Waals surface area contributed by atoms with Crippen molar-refractivity contribution < 1.29 is 13.6 Å². The summed E-state index contributed by atoms with van der Waals surface area (Å²) in [7, 11) is 0. The van der Waals surface area contributed by atoms with Crippen molar-refractivity contribution >= 4 is 16.9 Å². The first-order valence-electron chi connectivity index (χ1n) is 12.4. The fourth-order valence-electron chi connectivity index (χ4n) is 5.69. The molecule has 3 rings (SSSR count). The van der Waals surface area contributed by atoms with Crippen molar-refractivity contribution in [2.75, 3.05) is 0 Å². The molecule has 1 fully saturated rings. The quantitative estimate of drug-likeness (QED) is 0.262. The number of hydrogen-bond donors (Lipinski definition) is 0. The van der Waals surface area contributed by atoms with E-state index in [0.29, 0.717) is 12.0 Å². The molecule has 0 saturated heterocycles. The van der Waals surface area contributed by atoms with Crippen molar-refractivity contribution in [1.29, 1.82) is 0 Å². The van der Waals surface area contributed by atoms with Crippen LogP contribution in [0.4, 0.5) is 8.78 Å². The molecule has 1 aliphatic rings. The second-order valence-corrected chi connectivity index (χ2v) is 10.0. The fraction of sp³-hybridized carbons (Fsp3) is 0.344. The van der Waals surface area contributed by atoms with E-state index in [1.54, 1.807) is 0 Å². The Balaban J connectivity index is 1.89. The molecule has 3 unspecified atom stereocenters. The van der Waals surface area contributed by atoms with Gasteiger partial charge in [-0.25, -0.2) is 8.78 Å². The van der Waals surface area contributed by atoms with E-state index in [9.17, 15) is 13.6 Å². The number of carbonyl (C=O) groups is 1. The minimum Gasteiger partial charge on any atom is -0.294 e. The molecule has 0 heterocycles. The highest BCUT2D eigenvalue weighted by molar-refractivity contribution is 6.21. The Morgan fingerprint density at radius 3 is 2.46 bits per heavy atom. The molecule has 3 heteroatoms. The minimum absolute atomic E-state index is 0.0662. The van der Waals surface area contributed by atoms with Crippen molar-refractivity contribution in [3.63, 3.8) is 0 Å². The molecule has 1 saturated carbocycles. The molecule has 2 aromatic carbocycles. The topological polar surface area (TPSA) is 17.1 Å². The van der Waals surface area contributed by atoms with Gasteiger partial charge in [0.2, 0.25) is 0 Å². The van der Waals surface area contributed by atoms with Gasteiger partial charge in [-0.1, -0.05) is 82.5 Å². The standard InChI is InChI=1S/C32H36F2O/c1-7-11-25-20-32(6,28(12-8-2)23(5)26-14-10-9-13-21(26)3)18-17-27(25)31(35)22(4)24-15-16-29(33)30(34)19-24/h8-10,12-16,19,25,27H,2,4-5,7,11,17-18,20H2,1,3,6H3/b28-12-. The summed E-state index contributed by atoms with van der Waals surface area (Å²) in [4.78, 5) is 13.5. The highest BCUT2D eigenvalue weighted by Crippen LogP contribution is 2.52. The van der Waals surface area contributed by atoms with Gasteiger partial charge in [0.1, 0.15) is 0 Å². The van der Waals surface area contributed by atoms with Crippen LogP contribution in [-0.4, -0.2) is 5.78 Å². The van der Waals surface area contributed by atoms with E-state index in [1.165, 1.54) is 11.6 Å². The van der Waals surface area contributed by atoms with Gasteiger partial charge in [0.25, 0.3) is 0 Å². The van der Waals surface area contributed by atoms with Crippen molar-refractivity contribution in [2.45, 2.75) is 52.9 Å². The summed E-state index contributed by atoms with van der Waals surface area (Å²) in [5, 5.41) is 0. The van der Waals surface area contributed by atoms with Crippen LogP contribution in [0, 0.1) is 35.8 Å². The fourth-order valence-corrected chi connectivity index (χ4v) is 5.69. The molecule has 0 aromatic heterocycles. The maximum atomic E-state index is 13.8. The van der Waals surface area contributed by atoms with Gasteiger partial charge in [-0.2, -0.15) is 0 Å². The number of carbonyl (C=O) groups excluding carboxylic acids is 1. The zero-order valence-corrected chi connectivity index (χ0v) is 21.2. The van der Waals surface area contributed by atoms with Gasteiger partial charge in [-0.3, -0.25) is 4.79 Å². The lowest BCUT2D eigenvalue weighted by Crippen LogP contribution is -2.37. The third kappa shape index (κ3) is 5.61. The van der Waals surface area contributed by atoms with E-state index in [0.717, 1.165) is 54.5 Å². The van der Waals surface area contributed by atoms with Crippen LogP contribution in [0.25, 0.3) is 11.1 Å². The largest absolute Gasteiger partial charge is 0.294 e. The van der Waals surface area contributed by atoms with E-state index in [-0.39, 0.29) is 28.6 Å². The lowest BCUT2D eigenvalue weighted by Gasteiger charge is -2.44. The van der Waals surface area contributed by atoms with Gasteiger partial charge >= 0.3 is 0 Å². The number of benzene rings is 2. The molecule has 0 amide bonds. The van der Waals surface area contributed by atoms with Crippen LogP contribution in [0.15, 0.2) is 79.9 Å². The van der Waals surface area contributed by atoms with Gasteiger partial charge in [-0.15, -0.1) is 0 Å². The smallest absolute Gasteiger partial charge is 0.166 e. The Morgan fingerprint density at radius 2 is 1.83 bits per heavy atom. The number of Topliss-reactive ketones (excluding diaryl/α,β-unsaturated/α-hetero) is 1. The highest BCUT2D eigenvalue weighted by Gasteiger charge is 2.43. The van der Waals surface area contributed by atoms with Gasteiger partial charge in [0.05, 0.1) is 0 Å². The summed E-state index contributed by atoms with van der Waals surface area (Å²) in [6, 6.07) is 11.8. The van der Waals surface area contributed by atoms with Gasteiger partial charge in [0, 0.05) is 11.5 Å². The third-order valence-corrected chi connectivity index (χ3v) is 7.58. The van der Waals surface area contributed by atoms with Crippen LogP contribution < -0.4 is 0 Å². The van der Waals surface area contributed by atoms with Crippen LogP contribution in [0.2, 0.25) is 0 Å². The van der Waals surface area contributed by atoms with Crippen molar-refractivity contribution in [3.8, 4) is 0 Å². The molecule has 0 spiro atoms. The molecule has 0 aliphatic heterocycles. The Labute approximate surface area is 209 Å². The second-order valence-electron chi connectivity index (χ2n) is 10.0. The predicted octanol–water partition coefficient (Wildman–Crippen LogP) is 8.90. The molecule has 1 nitrogen and oxygen atoms in total. The number of hydrogen-bond acceptors (Lipinski definition) is 1. The first kappa shape index (κ1) is 26.5. The summed E-state index contributed by atoms with van der Waals surface area (Å²) < 4.78 is 27.2. The molecule has 0 bridgehead atoms. The Kier molecular flexibility index (Phi) is 8.43. The SMILES string of the molecule is C=C/C=C(/C(=C)c1ccccc1C)C1(C)CCC(C(=O)C(=C)c2ccc(F)c(F)c2)C(CCC)C1. The molecule has 35 heavy (non-hydrogen) atoms. The summed E-state index contributed by atoms with van der Waals surface area (Å²) >= 11 is 0. The monoisotopic (exact) mass is 474 g/mol. The average molecular weight is 475 g/mol. The maximum Gasteiger partial charge on any atom is 0.166 e. The normalized spacial score (nSPS) is 22.5. The molecule has 0 N–H and O–H groups in total. The van der Waals surface area contributed by atoms with E-state index >= 15 is 0 Å². The number of ketones is 1. The van der Waals surface area contributed by atoms with E-state index in [1.807, 2.05) is 18.2 Å².